The van der Waals surface area contributed by atoms with Crippen molar-refractivity contribution in [2.75, 3.05) is 0 Å². The van der Waals surface area contributed by atoms with Gasteiger partial charge in [-0.05, 0) is 24.1 Å². The van der Waals surface area contributed by atoms with Crippen LogP contribution in [0, 0.1) is 5.82 Å². The fourth-order valence-electron chi connectivity index (χ4n) is 0.994. The maximum Gasteiger partial charge on any atom is 0.127 e. The van der Waals surface area contributed by atoms with Crippen molar-refractivity contribution < 1.29 is 4.39 Å². The van der Waals surface area contributed by atoms with Crippen molar-refractivity contribution in [2.24, 2.45) is 0 Å². The molecule has 0 aliphatic heterocycles. The first-order chi connectivity index (χ1) is 5.24. The second-order valence-corrected chi connectivity index (χ2v) is 3.92. The van der Waals surface area contributed by atoms with E-state index in [1.54, 1.807) is 12.1 Å². The van der Waals surface area contributed by atoms with Gasteiger partial charge >= 0.3 is 0 Å². The summed E-state index contributed by atoms with van der Waals surface area (Å²) in [6.45, 7) is 0. The Balaban J connectivity index is 2.90. The van der Waals surface area contributed by atoms with Crippen molar-refractivity contribution >= 4 is 21.8 Å². The number of hydrogen-bond acceptors (Lipinski definition) is 0. The lowest BCUT2D eigenvalue weighted by atomic mass is 10.1. The van der Waals surface area contributed by atoms with Gasteiger partial charge in [0.05, 0.1) is 0 Å². The minimum atomic E-state index is -0.173. The molecule has 1 aromatic rings. The number of halogens is 2. The van der Waals surface area contributed by atoms with Crippen LogP contribution in [0.2, 0.25) is 11.1 Å². The highest BCUT2D eigenvalue weighted by Gasteiger charge is 2.00. The molecule has 0 nitrogen and oxygen atoms in total. The third kappa shape index (κ3) is 2.31. The zero-order valence-corrected chi connectivity index (χ0v) is 9.16. The number of rotatable bonds is 2. The van der Waals surface area contributed by atoms with Crippen LogP contribution < -0.4 is 0 Å². The topological polar surface area (TPSA) is 0 Å². The second kappa shape index (κ2) is 3.88. The molecule has 0 bridgehead atoms. The molecule has 1 rings (SSSR count). The lowest BCUT2D eigenvalue weighted by Crippen LogP contribution is -1.88. The van der Waals surface area contributed by atoms with Crippen LogP contribution in [0.25, 0.3) is 0 Å². The normalized spacial score (nSPS) is 10.4. The molecule has 1 aromatic carbocycles. The van der Waals surface area contributed by atoms with E-state index in [-0.39, 0.29) is 5.82 Å². The Bertz CT molecular complexity index is 250. The lowest BCUT2D eigenvalue weighted by Gasteiger charge is -1.99. The highest BCUT2D eigenvalue weighted by Crippen LogP contribution is 2.15. The highest BCUT2D eigenvalue weighted by atomic mass is 35.5. The molecule has 0 N–H and O–H groups in total. The summed E-state index contributed by atoms with van der Waals surface area (Å²) in [4.78, 5) is 0. The second-order valence-electron chi connectivity index (χ2n) is 2.49. The van der Waals surface area contributed by atoms with Gasteiger partial charge in [0.1, 0.15) is 5.82 Å². The maximum atomic E-state index is 13.0. The van der Waals surface area contributed by atoms with Crippen LogP contribution in [0.15, 0.2) is 18.2 Å². The van der Waals surface area contributed by atoms with Gasteiger partial charge in [0.2, 0.25) is 0 Å². The Hall–Kier alpha value is -0.343. The highest BCUT2D eigenvalue weighted by molar-refractivity contribution is 6.30. The molecule has 0 amide bonds. The first kappa shape index (κ1) is 8.75. The predicted molar refractivity (Wildman–Crippen MR) is 49.9 cm³/mol. The minimum Gasteiger partial charge on any atom is -0.207 e. The summed E-state index contributed by atoms with van der Waals surface area (Å²) in [6.07, 6.45) is 0.842. The van der Waals surface area contributed by atoms with Gasteiger partial charge in [0.15, 0.2) is 0 Å². The smallest absolute Gasteiger partial charge is 0.127 e. The molecule has 0 aliphatic carbocycles. The summed E-state index contributed by atoms with van der Waals surface area (Å²) in [5, 5.41) is 0.472. The van der Waals surface area contributed by atoms with Crippen molar-refractivity contribution in [1.29, 1.82) is 0 Å². The zero-order chi connectivity index (χ0) is 8.27. The van der Waals surface area contributed by atoms with Gasteiger partial charge in [0, 0.05) is 15.3 Å². The van der Waals surface area contributed by atoms with Crippen molar-refractivity contribution in [1.82, 2.24) is 0 Å². The monoisotopic (exact) mass is 188 g/mol. The average Bonchev–Trinajstić information content (AvgIpc) is 1.95. The summed E-state index contributed by atoms with van der Waals surface area (Å²) in [6, 6.07) is 5.96. The molecule has 60 valence electrons. The molecule has 0 fully saturated rings. The van der Waals surface area contributed by atoms with Gasteiger partial charge in [-0.2, -0.15) is 0 Å². The van der Waals surface area contributed by atoms with Crippen LogP contribution in [-0.2, 0) is 6.42 Å². The van der Waals surface area contributed by atoms with E-state index in [4.69, 9.17) is 11.6 Å². The first-order valence-electron chi connectivity index (χ1n) is 3.68. The van der Waals surface area contributed by atoms with Gasteiger partial charge in [-0.25, -0.2) is 4.39 Å². The van der Waals surface area contributed by atoms with E-state index < -0.39 is 0 Å². The third-order valence-corrected chi connectivity index (χ3v) is 2.27. The van der Waals surface area contributed by atoms with Crippen LogP contribution in [0.1, 0.15) is 5.56 Å². The van der Waals surface area contributed by atoms with Crippen molar-refractivity contribution in [3.8, 4) is 0 Å². The number of hydrogen-bond donors (Lipinski definition) is 0. The minimum absolute atomic E-state index is 0.173. The van der Waals surface area contributed by atoms with E-state index in [9.17, 15) is 4.39 Å². The molecule has 0 atom stereocenters. The lowest BCUT2D eigenvalue weighted by molar-refractivity contribution is 0.612. The Labute approximate surface area is 73.8 Å². The standard InChI is InChI=1S/C8H10ClFSi/c9-7-2-1-6(3-4-11)8(10)5-7/h1-2,5H,3-4H2,11H3. The van der Waals surface area contributed by atoms with Gasteiger partial charge in [-0.15, -0.1) is 0 Å². The van der Waals surface area contributed by atoms with Crippen molar-refractivity contribution in [3.05, 3.63) is 34.6 Å². The molecule has 0 heterocycles. The van der Waals surface area contributed by atoms with Gasteiger partial charge in [-0.1, -0.05) is 23.7 Å². The SMILES string of the molecule is Fc1cc(Cl)ccc1CC[SiH3]. The molecule has 0 spiro atoms. The summed E-state index contributed by atoms with van der Waals surface area (Å²) >= 11 is 5.59. The van der Waals surface area contributed by atoms with Crippen LogP contribution in [0.5, 0.6) is 0 Å². The summed E-state index contributed by atoms with van der Waals surface area (Å²) in [5.74, 6) is -0.173. The number of benzene rings is 1. The summed E-state index contributed by atoms with van der Waals surface area (Å²) in [5.41, 5.74) is 0.782. The maximum absolute atomic E-state index is 13.0. The van der Waals surface area contributed by atoms with Crippen LogP contribution in [0.3, 0.4) is 0 Å². The molecule has 3 heteroatoms. The molecule has 0 saturated heterocycles. The Kier molecular flexibility index (Phi) is 3.09. The van der Waals surface area contributed by atoms with Crippen LogP contribution in [0.4, 0.5) is 4.39 Å². The molecular weight excluding hydrogens is 179 g/mol. The van der Waals surface area contributed by atoms with E-state index in [0.29, 0.717) is 5.02 Å². The van der Waals surface area contributed by atoms with Crippen molar-refractivity contribution in [2.45, 2.75) is 12.5 Å². The van der Waals surface area contributed by atoms with E-state index in [1.165, 1.54) is 6.07 Å². The third-order valence-electron chi connectivity index (χ3n) is 1.53. The van der Waals surface area contributed by atoms with Crippen molar-refractivity contribution in [3.63, 3.8) is 0 Å². The predicted octanol–water partition coefficient (Wildman–Crippen LogP) is 1.81. The quantitative estimate of drug-likeness (QED) is 0.622. The summed E-state index contributed by atoms with van der Waals surface area (Å²) < 4.78 is 13.0. The Morgan fingerprint density at radius 1 is 1.45 bits per heavy atom. The molecule has 11 heavy (non-hydrogen) atoms. The first-order valence-corrected chi connectivity index (χ1v) is 5.47. The van der Waals surface area contributed by atoms with Gasteiger partial charge in [-0.3, -0.25) is 0 Å². The fraction of sp³-hybridized carbons (Fsp3) is 0.250. The van der Waals surface area contributed by atoms with E-state index in [0.717, 1.165) is 28.3 Å². The summed E-state index contributed by atoms with van der Waals surface area (Å²) in [7, 11) is 1.12. The fourth-order valence-corrected chi connectivity index (χ4v) is 1.69. The Morgan fingerprint density at radius 3 is 2.73 bits per heavy atom. The van der Waals surface area contributed by atoms with Gasteiger partial charge < -0.3 is 0 Å². The van der Waals surface area contributed by atoms with E-state index in [2.05, 4.69) is 0 Å². The van der Waals surface area contributed by atoms with E-state index in [1.807, 2.05) is 0 Å². The zero-order valence-electron chi connectivity index (χ0n) is 6.40. The van der Waals surface area contributed by atoms with E-state index >= 15 is 0 Å². The molecule has 0 saturated carbocycles. The van der Waals surface area contributed by atoms with Gasteiger partial charge in [0.25, 0.3) is 0 Å². The van der Waals surface area contributed by atoms with Crippen LogP contribution in [-0.4, -0.2) is 10.2 Å². The molecule has 0 unspecified atom stereocenters. The molecule has 0 radical (unpaired) electrons. The largest absolute Gasteiger partial charge is 0.207 e. The Morgan fingerprint density at radius 2 is 2.18 bits per heavy atom. The molecular formula is C8H10ClFSi. The van der Waals surface area contributed by atoms with Crippen LogP contribution >= 0.6 is 11.6 Å². The average molecular weight is 189 g/mol. The molecule has 0 aliphatic rings. The molecule has 0 aromatic heterocycles. The number of aryl methyl sites for hydroxylation is 1.